The number of thioether (sulfide) groups is 1. The van der Waals surface area contributed by atoms with E-state index in [1.54, 1.807) is 18.2 Å². The van der Waals surface area contributed by atoms with Crippen molar-refractivity contribution in [1.82, 2.24) is 9.88 Å². The number of pyridine rings is 1. The van der Waals surface area contributed by atoms with Crippen LogP contribution in [0.4, 0.5) is 0 Å². The second-order valence-electron chi connectivity index (χ2n) is 7.11. The molecule has 1 amide bonds. The summed E-state index contributed by atoms with van der Waals surface area (Å²) in [7, 11) is 0. The van der Waals surface area contributed by atoms with E-state index in [1.165, 1.54) is 6.07 Å². The van der Waals surface area contributed by atoms with Gasteiger partial charge in [0, 0.05) is 30.1 Å². The van der Waals surface area contributed by atoms with Crippen molar-refractivity contribution < 1.29 is 14.6 Å². The van der Waals surface area contributed by atoms with Gasteiger partial charge in [-0.05, 0) is 43.7 Å². The third kappa shape index (κ3) is 3.57. The maximum absolute atomic E-state index is 12.5. The maximum Gasteiger partial charge on any atom is 0.254 e. The Morgan fingerprint density at radius 2 is 2.15 bits per heavy atom. The first-order chi connectivity index (χ1) is 12.5. The molecule has 4 rings (SSSR count). The molecule has 26 heavy (non-hydrogen) atoms. The molecule has 136 valence electrons. The predicted octanol–water partition coefficient (Wildman–Crippen LogP) is 3.01. The number of phenolic OH excluding ortho intramolecular Hbond substituents is 1. The van der Waals surface area contributed by atoms with Gasteiger partial charge in [-0.1, -0.05) is 12.1 Å². The zero-order valence-corrected chi connectivity index (χ0v) is 15.5. The quantitative estimate of drug-likeness (QED) is 0.896. The average Bonchev–Trinajstić information content (AvgIpc) is 3.03. The van der Waals surface area contributed by atoms with Crippen molar-refractivity contribution in [1.29, 1.82) is 0 Å². The summed E-state index contributed by atoms with van der Waals surface area (Å²) < 4.78 is 6.17. The Morgan fingerprint density at radius 3 is 2.92 bits per heavy atom. The van der Waals surface area contributed by atoms with Crippen LogP contribution in [0.2, 0.25) is 0 Å². The van der Waals surface area contributed by atoms with E-state index in [4.69, 9.17) is 4.74 Å². The summed E-state index contributed by atoms with van der Waals surface area (Å²) in [6.07, 6.45) is 1.17. The summed E-state index contributed by atoms with van der Waals surface area (Å²) in [5.74, 6) is 1.07. The number of rotatable bonds is 4. The van der Waals surface area contributed by atoms with E-state index in [1.807, 2.05) is 41.8 Å². The molecule has 2 fully saturated rings. The second-order valence-corrected chi connectivity index (χ2v) is 8.60. The number of nitrogens with zero attached hydrogens (tertiary/aromatic N) is 2. The Labute approximate surface area is 157 Å². The number of carbonyl (C=O) groups is 1. The molecule has 6 heteroatoms. The van der Waals surface area contributed by atoms with Crippen molar-refractivity contribution in [2.24, 2.45) is 0 Å². The number of aromatic nitrogens is 1. The van der Waals surface area contributed by atoms with Crippen LogP contribution in [0.1, 0.15) is 28.2 Å². The molecule has 2 aliphatic heterocycles. The average molecular weight is 370 g/mol. The number of benzene rings is 1. The fraction of sp³-hybridized carbons (Fsp3) is 0.400. The molecule has 2 saturated heterocycles. The first-order valence-electron chi connectivity index (χ1n) is 8.79. The molecule has 0 bridgehead atoms. The molecule has 0 radical (unpaired) electrons. The van der Waals surface area contributed by atoms with Crippen molar-refractivity contribution in [3.8, 4) is 5.75 Å². The van der Waals surface area contributed by atoms with Crippen LogP contribution in [-0.4, -0.2) is 50.6 Å². The van der Waals surface area contributed by atoms with Crippen LogP contribution in [-0.2, 0) is 11.3 Å². The van der Waals surface area contributed by atoms with Crippen molar-refractivity contribution in [2.45, 2.75) is 30.8 Å². The van der Waals surface area contributed by atoms with Gasteiger partial charge in [0.1, 0.15) is 5.75 Å². The van der Waals surface area contributed by atoms with Crippen molar-refractivity contribution in [2.75, 3.05) is 18.8 Å². The third-order valence-electron chi connectivity index (χ3n) is 4.93. The number of amides is 1. The van der Waals surface area contributed by atoms with Crippen molar-refractivity contribution in [3.05, 3.63) is 59.4 Å². The molecular formula is C20H22N2O3S. The Kier molecular flexibility index (Phi) is 4.63. The fourth-order valence-electron chi connectivity index (χ4n) is 3.63. The van der Waals surface area contributed by atoms with E-state index in [2.05, 4.69) is 4.98 Å². The number of aromatic hydroxyl groups is 1. The molecule has 0 aliphatic carbocycles. The summed E-state index contributed by atoms with van der Waals surface area (Å²) in [4.78, 5) is 18.8. The standard InChI is InChI=1S/C20H22N2O3S/c1-14-4-2-6-16(21-14)10-25-18-9-20(26-11-18)12-22(13-20)19(24)15-5-3-7-17(23)8-15/h2-8,18,23H,9-13H2,1H3. The minimum atomic E-state index is -0.0135. The molecule has 1 unspecified atom stereocenters. The number of hydrogen-bond donors (Lipinski definition) is 1. The highest BCUT2D eigenvalue weighted by molar-refractivity contribution is 8.01. The molecular weight excluding hydrogens is 348 g/mol. The number of phenols is 1. The van der Waals surface area contributed by atoms with Gasteiger partial charge in [-0.2, -0.15) is 0 Å². The zero-order valence-electron chi connectivity index (χ0n) is 14.7. The molecule has 0 saturated carbocycles. The molecule has 1 atom stereocenters. The highest BCUT2D eigenvalue weighted by atomic mass is 32.2. The summed E-state index contributed by atoms with van der Waals surface area (Å²) in [5, 5.41) is 9.55. The summed E-state index contributed by atoms with van der Waals surface area (Å²) >= 11 is 1.91. The number of aryl methyl sites for hydroxylation is 1. The Hall–Kier alpha value is -2.05. The summed E-state index contributed by atoms with van der Waals surface area (Å²) in [5.41, 5.74) is 2.51. The van der Waals surface area contributed by atoms with Crippen LogP contribution in [0.3, 0.4) is 0 Å². The Morgan fingerprint density at radius 1 is 1.35 bits per heavy atom. The maximum atomic E-state index is 12.5. The van der Waals surface area contributed by atoms with Gasteiger partial charge in [0.2, 0.25) is 0 Å². The smallest absolute Gasteiger partial charge is 0.254 e. The zero-order chi connectivity index (χ0) is 18.1. The van der Waals surface area contributed by atoms with E-state index in [0.717, 1.165) is 36.7 Å². The lowest BCUT2D eigenvalue weighted by Gasteiger charge is -2.47. The summed E-state index contributed by atoms with van der Waals surface area (Å²) in [6.45, 7) is 4.01. The minimum absolute atomic E-state index is 0.0135. The van der Waals surface area contributed by atoms with Gasteiger partial charge in [0.25, 0.3) is 5.91 Å². The van der Waals surface area contributed by atoms with Gasteiger partial charge in [0.05, 0.1) is 23.2 Å². The van der Waals surface area contributed by atoms with Gasteiger partial charge < -0.3 is 14.7 Å². The van der Waals surface area contributed by atoms with Gasteiger partial charge in [-0.3, -0.25) is 9.78 Å². The van der Waals surface area contributed by atoms with E-state index in [-0.39, 0.29) is 22.5 Å². The first-order valence-corrected chi connectivity index (χ1v) is 9.78. The number of carbonyl (C=O) groups excluding carboxylic acids is 1. The van der Waals surface area contributed by atoms with E-state index in [0.29, 0.717) is 12.2 Å². The van der Waals surface area contributed by atoms with Gasteiger partial charge in [-0.15, -0.1) is 11.8 Å². The Bertz CT molecular complexity index is 820. The van der Waals surface area contributed by atoms with E-state index in [9.17, 15) is 9.90 Å². The molecule has 1 N–H and O–H groups in total. The SMILES string of the molecule is Cc1cccc(COC2CSC3(C2)CN(C(=O)c2cccc(O)c2)C3)n1. The largest absolute Gasteiger partial charge is 0.508 e. The fourth-order valence-corrected chi connectivity index (χ4v) is 5.18. The molecule has 2 aromatic rings. The van der Waals surface area contributed by atoms with Crippen LogP contribution in [0, 0.1) is 6.92 Å². The highest BCUT2D eigenvalue weighted by Crippen LogP contribution is 2.46. The van der Waals surface area contributed by atoms with E-state index < -0.39 is 0 Å². The molecule has 3 heterocycles. The lowest BCUT2D eigenvalue weighted by Crippen LogP contribution is -2.60. The van der Waals surface area contributed by atoms with Crippen LogP contribution >= 0.6 is 11.8 Å². The van der Waals surface area contributed by atoms with Gasteiger partial charge >= 0.3 is 0 Å². The molecule has 1 spiro atoms. The van der Waals surface area contributed by atoms with Gasteiger partial charge in [0.15, 0.2) is 0 Å². The summed E-state index contributed by atoms with van der Waals surface area (Å²) in [6, 6.07) is 12.5. The molecule has 1 aromatic heterocycles. The molecule has 5 nitrogen and oxygen atoms in total. The monoisotopic (exact) mass is 370 g/mol. The number of likely N-dealkylation sites (tertiary alicyclic amines) is 1. The van der Waals surface area contributed by atoms with Crippen LogP contribution in [0.5, 0.6) is 5.75 Å². The number of ether oxygens (including phenoxy) is 1. The van der Waals surface area contributed by atoms with Crippen LogP contribution in [0.25, 0.3) is 0 Å². The molecule has 1 aromatic carbocycles. The first kappa shape index (κ1) is 17.4. The lowest BCUT2D eigenvalue weighted by molar-refractivity contribution is 0.0245. The Balaban J connectivity index is 1.29. The third-order valence-corrected chi connectivity index (χ3v) is 6.50. The topological polar surface area (TPSA) is 62.7 Å². The lowest BCUT2D eigenvalue weighted by atomic mass is 9.92. The van der Waals surface area contributed by atoms with Crippen molar-refractivity contribution in [3.63, 3.8) is 0 Å². The number of hydrogen-bond acceptors (Lipinski definition) is 5. The molecule has 2 aliphatic rings. The predicted molar refractivity (Wildman–Crippen MR) is 101 cm³/mol. The highest BCUT2D eigenvalue weighted by Gasteiger charge is 2.51. The van der Waals surface area contributed by atoms with Gasteiger partial charge in [-0.25, -0.2) is 0 Å². The van der Waals surface area contributed by atoms with Crippen LogP contribution < -0.4 is 0 Å². The minimum Gasteiger partial charge on any atom is -0.508 e. The second kappa shape index (κ2) is 6.93. The van der Waals surface area contributed by atoms with E-state index >= 15 is 0 Å². The van der Waals surface area contributed by atoms with Crippen molar-refractivity contribution >= 4 is 17.7 Å². The van der Waals surface area contributed by atoms with Crippen LogP contribution in [0.15, 0.2) is 42.5 Å². The normalized spacial score (nSPS) is 21.0.